The maximum atomic E-state index is 6.05. The normalized spacial score (nSPS) is 14.0. The molecule has 0 unspecified atom stereocenters. The molecule has 0 aliphatic carbocycles. The molecule has 0 aliphatic heterocycles. The molecule has 0 aliphatic rings. The van der Waals surface area contributed by atoms with Crippen molar-refractivity contribution in [2.24, 2.45) is 0 Å². The molecule has 0 rings (SSSR count). The molecule has 0 fully saturated rings. The molecule has 0 bridgehead atoms. The first kappa shape index (κ1) is 10.3. The molecule has 0 radical (unpaired) electrons. The zero-order valence-electron chi connectivity index (χ0n) is 5.84. The summed E-state index contributed by atoms with van der Waals surface area (Å²) in [6.45, 7) is 4.19. The second-order valence-electron chi connectivity index (χ2n) is 3.09. The van der Waals surface area contributed by atoms with E-state index >= 15 is 0 Å². The molecule has 0 aromatic rings. The van der Waals surface area contributed by atoms with Crippen LogP contribution in [0, 0.1) is 0 Å². The van der Waals surface area contributed by atoms with Crippen LogP contribution in [0.1, 0.15) is 20.8 Å². The number of alkyl halides is 1. The molecule has 56 valence electrons. The number of hydrogen-bond acceptors (Lipinski definition) is 0. The molecule has 0 aromatic heterocycles. The van der Waals surface area contributed by atoms with Gasteiger partial charge in [-0.25, -0.2) is 0 Å². The van der Waals surface area contributed by atoms with Gasteiger partial charge in [-0.15, -0.1) is 22.2 Å². The fraction of sp³-hybridized carbons (Fsp3) is 1.00. The zero-order valence-corrected chi connectivity index (χ0v) is 9.94. The second kappa shape index (κ2) is 3.12. The van der Waals surface area contributed by atoms with Crippen LogP contribution in [-0.2, 0) is 0 Å². The van der Waals surface area contributed by atoms with E-state index in [1.807, 2.05) is 0 Å². The van der Waals surface area contributed by atoms with Gasteiger partial charge in [-0.05, 0) is 5.04 Å². The van der Waals surface area contributed by atoms with Crippen LogP contribution in [0.25, 0.3) is 0 Å². The fourth-order valence-electron chi connectivity index (χ4n) is 0.200. The summed E-state index contributed by atoms with van der Waals surface area (Å²) in [7, 11) is 0. The highest BCUT2D eigenvalue weighted by Gasteiger charge is 2.40. The van der Waals surface area contributed by atoms with Crippen molar-refractivity contribution in [3.05, 3.63) is 0 Å². The topological polar surface area (TPSA) is 0 Å². The molecule has 0 saturated heterocycles. The Labute approximate surface area is 75.5 Å². The van der Waals surface area contributed by atoms with Crippen LogP contribution < -0.4 is 0 Å². The van der Waals surface area contributed by atoms with Gasteiger partial charge in [0.05, 0.1) is 0 Å². The van der Waals surface area contributed by atoms with Gasteiger partial charge in [-0.2, -0.15) is 0 Å². The summed E-state index contributed by atoms with van der Waals surface area (Å²) in [6, 6.07) is 0. The third kappa shape index (κ3) is 2.79. The van der Waals surface area contributed by atoms with E-state index in [4.69, 9.17) is 22.2 Å². The predicted octanol–water partition coefficient (Wildman–Crippen LogP) is 3.64. The van der Waals surface area contributed by atoms with Gasteiger partial charge >= 0.3 is 0 Å². The average Bonchev–Trinajstić information content (AvgIpc) is 1.64. The largest absolute Gasteiger partial charge is 0.266 e. The summed E-state index contributed by atoms with van der Waals surface area (Å²) < 4.78 is 0. The van der Waals surface area contributed by atoms with E-state index < -0.39 is 6.69 Å². The molecule has 4 heteroatoms. The van der Waals surface area contributed by atoms with E-state index in [-0.39, 0.29) is 5.04 Å². The zero-order chi connectivity index (χ0) is 7.71. The fourth-order valence-corrected chi connectivity index (χ4v) is 3.12. The highest BCUT2D eigenvalue weighted by Crippen LogP contribution is 2.42. The molecule has 9 heavy (non-hydrogen) atoms. The quantitative estimate of drug-likeness (QED) is 0.378. The maximum Gasteiger partial charge on any atom is 0.266 e. The Kier molecular flexibility index (Phi) is 3.56. The van der Waals surface area contributed by atoms with Crippen LogP contribution in [0.5, 0.6) is 0 Å². The van der Waals surface area contributed by atoms with Crippen LogP contribution in [0.15, 0.2) is 0 Å². The molecule has 0 amide bonds. The van der Waals surface area contributed by atoms with E-state index in [9.17, 15) is 0 Å². The molecule has 0 saturated carbocycles. The maximum absolute atomic E-state index is 6.05. The molecule has 0 N–H and O–H groups in total. The van der Waals surface area contributed by atoms with Gasteiger partial charge in [0.25, 0.3) is 6.69 Å². The monoisotopic (exact) mass is 248 g/mol. The lowest BCUT2D eigenvalue weighted by Gasteiger charge is -2.29. The molecule has 0 spiro atoms. The van der Waals surface area contributed by atoms with Crippen molar-refractivity contribution in [2.75, 3.05) is 4.95 Å². The average molecular weight is 250 g/mol. The minimum absolute atomic E-state index is 0.0691. The number of rotatable bonds is 1. The van der Waals surface area contributed by atoms with Crippen molar-refractivity contribution in [1.29, 1.82) is 0 Å². The summed E-state index contributed by atoms with van der Waals surface area (Å²) in [5, 5.41) is 0.0691. The lowest BCUT2D eigenvalue weighted by Crippen LogP contribution is -2.34. The Hall–Kier alpha value is 1.28. The van der Waals surface area contributed by atoms with Crippen LogP contribution in [0.4, 0.5) is 0 Å². The summed E-state index contributed by atoms with van der Waals surface area (Å²) >= 11 is 15.4. The summed E-state index contributed by atoms with van der Waals surface area (Å²) in [4.78, 5) is 0.743. The smallest absolute Gasteiger partial charge is 0.144 e. The van der Waals surface area contributed by atoms with Crippen molar-refractivity contribution in [3.8, 4) is 0 Å². The van der Waals surface area contributed by atoms with Crippen molar-refractivity contribution < 1.29 is 0 Å². The predicted molar refractivity (Wildman–Crippen MR) is 51.0 cm³/mol. The van der Waals surface area contributed by atoms with Crippen LogP contribution in [0.3, 0.4) is 0 Å². The van der Waals surface area contributed by atoms with Gasteiger partial charge in [0, 0.05) is 4.95 Å². The van der Waals surface area contributed by atoms with Crippen LogP contribution in [0.2, 0.25) is 5.04 Å². The minimum atomic E-state index is -2.02. The van der Waals surface area contributed by atoms with Crippen LogP contribution >= 0.6 is 38.1 Å². The summed E-state index contributed by atoms with van der Waals surface area (Å²) in [5.74, 6) is 0. The lowest BCUT2D eigenvalue weighted by atomic mass is 10.3. The Balaban J connectivity index is 4.14. The Morgan fingerprint density at radius 2 is 1.67 bits per heavy atom. The van der Waals surface area contributed by atoms with Gasteiger partial charge in [0.2, 0.25) is 0 Å². The van der Waals surface area contributed by atoms with E-state index in [1.54, 1.807) is 0 Å². The first-order chi connectivity index (χ1) is 3.81. The van der Waals surface area contributed by atoms with Gasteiger partial charge < -0.3 is 0 Å². The van der Waals surface area contributed by atoms with E-state index in [0.717, 1.165) is 4.95 Å². The molecule has 0 aromatic carbocycles. The van der Waals surface area contributed by atoms with Crippen molar-refractivity contribution in [3.63, 3.8) is 0 Å². The lowest BCUT2D eigenvalue weighted by molar-refractivity contribution is 0.745. The van der Waals surface area contributed by atoms with E-state index in [2.05, 4.69) is 36.7 Å². The van der Waals surface area contributed by atoms with Crippen molar-refractivity contribution in [2.45, 2.75) is 25.8 Å². The second-order valence-corrected chi connectivity index (χ2v) is 12.4. The SMILES string of the molecule is CC(C)(C)[Si](Cl)(Cl)CBr. The Morgan fingerprint density at radius 1 is 1.33 bits per heavy atom. The minimum Gasteiger partial charge on any atom is -0.144 e. The molecule has 0 nitrogen and oxygen atoms in total. The standard InChI is InChI=1S/C5H11BrCl2Si/c1-5(2,3)9(7,8)4-6/h4H2,1-3H3. The van der Waals surface area contributed by atoms with Crippen molar-refractivity contribution in [1.82, 2.24) is 0 Å². The summed E-state index contributed by atoms with van der Waals surface area (Å²) in [6.07, 6.45) is 0. The molecule has 0 heterocycles. The van der Waals surface area contributed by atoms with Gasteiger partial charge in [-0.1, -0.05) is 36.7 Å². The van der Waals surface area contributed by atoms with E-state index in [1.165, 1.54) is 0 Å². The number of halogens is 3. The van der Waals surface area contributed by atoms with E-state index in [0.29, 0.717) is 0 Å². The van der Waals surface area contributed by atoms with Gasteiger partial charge in [0.15, 0.2) is 0 Å². The highest BCUT2D eigenvalue weighted by molar-refractivity contribution is 9.10. The Morgan fingerprint density at radius 3 is 1.67 bits per heavy atom. The third-order valence-electron chi connectivity index (χ3n) is 1.27. The molecular formula is C5H11BrCl2Si. The molecule has 0 atom stereocenters. The number of hydrogen-bond donors (Lipinski definition) is 0. The van der Waals surface area contributed by atoms with Gasteiger partial charge in [-0.3, -0.25) is 0 Å². The first-order valence-corrected chi connectivity index (χ1v) is 8.10. The third-order valence-corrected chi connectivity index (χ3v) is 12.5. The first-order valence-electron chi connectivity index (χ1n) is 2.75. The highest BCUT2D eigenvalue weighted by atomic mass is 79.9. The summed E-state index contributed by atoms with van der Waals surface area (Å²) in [5.41, 5.74) is 0. The van der Waals surface area contributed by atoms with Crippen molar-refractivity contribution >= 4 is 44.8 Å². The van der Waals surface area contributed by atoms with Crippen LogP contribution in [-0.4, -0.2) is 11.6 Å². The Bertz CT molecular complexity index is 97.6. The molecular weight excluding hydrogens is 239 g/mol. The van der Waals surface area contributed by atoms with Gasteiger partial charge in [0.1, 0.15) is 0 Å².